The van der Waals surface area contributed by atoms with Crippen LogP contribution in [0.2, 0.25) is 0 Å². The fourth-order valence-corrected chi connectivity index (χ4v) is 2.62. The highest BCUT2D eigenvalue weighted by Gasteiger charge is 2.19. The predicted octanol–water partition coefficient (Wildman–Crippen LogP) is -0.922. The molecule has 0 radical (unpaired) electrons. The lowest BCUT2D eigenvalue weighted by molar-refractivity contribution is -0.137. The van der Waals surface area contributed by atoms with Crippen molar-refractivity contribution in [3.8, 4) is 0 Å². The summed E-state index contributed by atoms with van der Waals surface area (Å²) in [5.41, 5.74) is 0. The molecule has 0 spiro atoms. The molecule has 0 atom stereocenters. The first kappa shape index (κ1) is 13.4. The minimum absolute atomic E-state index is 0.355. The van der Waals surface area contributed by atoms with Gasteiger partial charge >= 0.3 is 5.97 Å². The SMILES string of the molecule is COC(=O)CS(=O)(=O)NCC1CCNCC1. The van der Waals surface area contributed by atoms with Crippen molar-refractivity contribution in [1.29, 1.82) is 0 Å². The van der Waals surface area contributed by atoms with E-state index >= 15 is 0 Å². The van der Waals surface area contributed by atoms with Crippen molar-refractivity contribution in [3.05, 3.63) is 0 Å². The average Bonchev–Trinajstić information content (AvgIpc) is 2.27. The number of hydrogen-bond donors (Lipinski definition) is 2. The third-order valence-electron chi connectivity index (χ3n) is 2.59. The molecule has 0 amide bonds. The number of methoxy groups -OCH3 is 1. The normalized spacial score (nSPS) is 18.3. The highest BCUT2D eigenvalue weighted by Crippen LogP contribution is 2.10. The van der Waals surface area contributed by atoms with E-state index in [1.165, 1.54) is 7.11 Å². The van der Waals surface area contributed by atoms with Crippen molar-refractivity contribution >= 4 is 16.0 Å². The Morgan fingerprint density at radius 1 is 1.44 bits per heavy atom. The van der Waals surface area contributed by atoms with E-state index in [1.54, 1.807) is 0 Å². The van der Waals surface area contributed by atoms with E-state index in [4.69, 9.17) is 0 Å². The molecule has 16 heavy (non-hydrogen) atoms. The summed E-state index contributed by atoms with van der Waals surface area (Å²) in [6, 6.07) is 0. The number of nitrogens with one attached hydrogen (secondary N) is 2. The van der Waals surface area contributed by atoms with Crippen LogP contribution in [0.1, 0.15) is 12.8 Å². The van der Waals surface area contributed by atoms with Crippen molar-refractivity contribution in [2.75, 3.05) is 32.5 Å². The summed E-state index contributed by atoms with van der Waals surface area (Å²) in [5, 5.41) is 3.20. The van der Waals surface area contributed by atoms with Crippen molar-refractivity contribution in [3.63, 3.8) is 0 Å². The molecule has 0 aromatic carbocycles. The van der Waals surface area contributed by atoms with Gasteiger partial charge in [-0.25, -0.2) is 13.1 Å². The summed E-state index contributed by atoms with van der Waals surface area (Å²) in [6.45, 7) is 2.24. The second kappa shape index (κ2) is 6.17. The number of hydrogen-bond acceptors (Lipinski definition) is 5. The van der Waals surface area contributed by atoms with E-state index < -0.39 is 21.7 Å². The van der Waals surface area contributed by atoms with Gasteiger partial charge in [0.25, 0.3) is 0 Å². The van der Waals surface area contributed by atoms with Crippen LogP contribution in [0.3, 0.4) is 0 Å². The molecule has 0 saturated carbocycles. The summed E-state index contributed by atoms with van der Waals surface area (Å²) in [7, 11) is -2.37. The van der Waals surface area contributed by atoms with Crippen LogP contribution in [0.15, 0.2) is 0 Å². The topological polar surface area (TPSA) is 84.5 Å². The largest absolute Gasteiger partial charge is 0.468 e. The third kappa shape index (κ3) is 4.91. The number of rotatable bonds is 5. The molecular formula is C9H18N2O4S. The van der Waals surface area contributed by atoms with E-state index in [-0.39, 0.29) is 0 Å². The lowest BCUT2D eigenvalue weighted by Crippen LogP contribution is -2.38. The first-order valence-electron chi connectivity index (χ1n) is 5.28. The fourth-order valence-electron chi connectivity index (χ4n) is 1.60. The van der Waals surface area contributed by atoms with E-state index in [0.717, 1.165) is 25.9 Å². The Balaban J connectivity index is 2.32. The van der Waals surface area contributed by atoms with E-state index in [0.29, 0.717) is 12.5 Å². The maximum atomic E-state index is 11.4. The fraction of sp³-hybridized carbons (Fsp3) is 0.889. The first-order valence-corrected chi connectivity index (χ1v) is 6.93. The molecule has 0 aliphatic carbocycles. The van der Waals surface area contributed by atoms with Crippen LogP contribution in [-0.4, -0.2) is 46.9 Å². The van der Waals surface area contributed by atoms with Crippen LogP contribution in [0.25, 0.3) is 0 Å². The Kier molecular flexibility index (Phi) is 5.17. The molecule has 94 valence electrons. The molecule has 1 fully saturated rings. The number of ether oxygens (including phenoxy) is 1. The number of carbonyl (C=O) groups is 1. The summed E-state index contributed by atoms with van der Waals surface area (Å²) in [4.78, 5) is 10.8. The standard InChI is InChI=1S/C9H18N2O4S/c1-15-9(12)7-16(13,14)11-6-8-2-4-10-5-3-8/h8,10-11H,2-7H2,1H3. The molecule has 1 aliphatic heterocycles. The van der Waals surface area contributed by atoms with Gasteiger partial charge in [-0.15, -0.1) is 0 Å². The van der Waals surface area contributed by atoms with Gasteiger partial charge in [0.15, 0.2) is 5.75 Å². The van der Waals surface area contributed by atoms with E-state index in [9.17, 15) is 13.2 Å². The highest BCUT2D eigenvalue weighted by atomic mass is 32.2. The van der Waals surface area contributed by atoms with Crippen LogP contribution in [-0.2, 0) is 19.6 Å². The Morgan fingerprint density at radius 2 is 2.06 bits per heavy atom. The number of sulfonamides is 1. The molecule has 1 saturated heterocycles. The minimum atomic E-state index is -3.54. The van der Waals surface area contributed by atoms with Crippen molar-refractivity contribution in [2.24, 2.45) is 5.92 Å². The highest BCUT2D eigenvalue weighted by molar-refractivity contribution is 7.90. The van der Waals surface area contributed by atoms with Gasteiger partial charge in [-0.05, 0) is 31.8 Å². The molecule has 1 aliphatic rings. The molecule has 1 heterocycles. The van der Waals surface area contributed by atoms with Crippen LogP contribution in [0.4, 0.5) is 0 Å². The second-order valence-electron chi connectivity index (χ2n) is 3.88. The van der Waals surface area contributed by atoms with Gasteiger partial charge in [0.1, 0.15) is 0 Å². The third-order valence-corrected chi connectivity index (χ3v) is 3.81. The Labute approximate surface area is 95.8 Å². The number of esters is 1. The molecule has 2 N–H and O–H groups in total. The second-order valence-corrected chi connectivity index (χ2v) is 5.68. The summed E-state index contributed by atoms with van der Waals surface area (Å²) < 4.78 is 29.6. The molecule has 1 rings (SSSR count). The molecule has 0 aromatic heterocycles. The summed E-state index contributed by atoms with van der Waals surface area (Å²) in [6.07, 6.45) is 1.92. The Bertz CT molecular complexity index is 322. The lowest BCUT2D eigenvalue weighted by atomic mass is 9.99. The van der Waals surface area contributed by atoms with Gasteiger partial charge in [0, 0.05) is 6.54 Å². The predicted molar refractivity (Wildman–Crippen MR) is 59.4 cm³/mol. The van der Waals surface area contributed by atoms with Gasteiger partial charge in [0.2, 0.25) is 10.0 Å². The summed E-state index contributed by atoms with van der Waals surface area (Å²) in [5.74, 6) is -0.986. The molecule has 6 nitrogen and oxygen atoms in total. The zero-order valence-corrected chi connectivity index (χ0v) is 10.2. The lowest BCUT2D eigenvalue weighted by Gasteiger charge is -2.22. The number of carbonyl (C=O) groups excluding carboxylic acids is 1. The molecule has 7 heteroatoms. The van der Waals surface area contributed by atoms with Crippen LogP contribution in [0, 0.1) is 5.92 Å². The molecule has 0 unspecified atom stereocenters. The van der Waals surface area contributed by atoms with Crippen molar-refractivity contribution < 1.29 is 17.9 Å². The zero-order chi connectivity index (χ0) is 12.0. The van der Waals surface area contributed by atoms with Gasteiger partial charge in [-0.1, -0.05) is 0 Å². The smallest absolute Gasteiger partial charge is 0.322 e. The van der Waals surface area contributed by atoms with Gasteiger partial charge in [0.05, 0.1) is 7.11 Å². The first-order chi connectivity index (χ1) is 7.53. The molecular weight excluding hydrogens is 232 g/mol. The summed E-state index contributed by atoms with van der Waals surface area (Å²) >= 11 is 0. The van der Waals surface area contributed by atoms with Crippen molar-refractivity contribution in [2.45, 2.75) is 12.8 Å². The van der Waals surface area contributed by atoms with Gasteiger partial charge in [-0.3, -0.25) is 4.79 Å². The maximum Gasteiger partial charge on any atom is 0.322 e. The average molecular weight is 250 g/mol. The van der Waals surface area contributed by atoms with Crippen LogP contribution >= 0.6 is 0 Å². The van der Waals surface area contributed by atoms with Crippen LogP contribution in [0.5, 0.6) is 0 Å². The zero-order valence-electron chi connectivity index (χ0n) is 9.36. The maximum absolute atomic E-state index is 11.4. The van der Waals surface area contributed by atoms with E-state index in [2.05, 4.69) is 14.8 Å². The Morgan fingerprint density at radius 3 is 2.62 bits per heavy atom. The van der Waals surface area contributed by atoms with Crippen molar-refractivity contribution in [1.82, 2.24) is 10.0 Å². The number of piperidine rings is 1. The quantitative estimate of drug-likeness (QED) is 0.616. The Hall–Kier alpha value is -0.660. The minimum Gasteiger partial charge on any atom is -0.468 e. The van der Waals surface area contributed by atoms with E-state index in [1.807, 2.05) is 0 Å². The molecule has 0 bridgehead atoms. The molecule has 0 aromatic rings. The van der Waals surface area contributed by atoms with Crippen LogP contribution < -0.4 is 10.0 Å². The van der Waals surface area contributed by atoms with Gasteiger partial charge in [-0.2, -0.15) is 0 Å². The van der Waals surface area contributed by atoms with Gasteiger partial charge < -0.3 is 10.1 Å². The monoisotopic (exact) mass is 250 g/mol.